The number of benzene rings is 2. The molecule has 0 radical (unpaired) electrons. The number of ether oxygens (including phenoxy) is 1. The highest BCUT2D eigenvalue weighted by molar-refractivity contribution is 9.10. The van der Waals surface area contributed by atoms with Crippen LogP contribution < -0.4 is 10.5 Å². The van der Waals surface area contributed by atoms with Gasteiger partial charge in [0.25, 0.3) is 0 Å². The smallest absolute Gasteiger partial charge is 0.134 e. The number of hydrogen-bond donors (Lipinski definition) is 1. The number of nitrogens with two attached hydrogens (primary N) is 1. The molecule has 2 aromatic carbocycles. The van der Waals surface area contributed by atoms with Gasteiger partial charge in [-0.3, -0.25) is 0 Å². The van der Waals surface area contributed by atoms with Crippen LogP contribution in [0.3, 0.4) is 0 Å². The predicted molar refractivity (Wildman–Crippen MR) is 93.8 cm³/mol. The zero-order valence-corrected chi connectivity index (χ0v) is 14.8. The first-order valence-corrected chi connectivity index (χ1v) is 8.23. The van der Waals surface area contributed by atoms with E-state index in [0.29, 0.717) is 0 Å². The Bertz CT molecular complexity index is 618. The first-order chi connectivity index (χ1) is 9.84. The molecular formula is C18H24BrNO. The molecule has 0 aliphatic carbocycles. The van der Waals surface area contributed by atoms with Crippen LogP contribution in [0.5, 0.6) is 5.75 Å². The minimum Gasteiger partial charge on any atom is -0.487 e. The van der Waals surface area contributed by atoms with Crippen molar-refractivity contribution in [1.82, 2.24) is 0 Å². The first-order valence-electron chi connectivity index (χ1n) is 7.44. The molecule has 21 heavy (non-hydrogen) atoms. The molecular weight excluding hydrogens is 326 g/mol. The molecule has 0 saturated heterocycles. The molecule has 0 heterocycles. The van der Waals surface area contributed by atoms with Gasteiger partial charge in [-0.05, 0) is 39.2 Å². The van der Waals surface area contributed by atoms with Crippen LogP contribution >= 0.6 is 15.9 Å². The summed E-state index contributed by atoms with van der Waals surface area (Å²) in [5, 5.41) is 2.36. The summed E-state index contributed by atoms with van der Waals surface area (Å²) in [6.45, 7) is 8.61. The van der Waals surface area contributed by atoms with Gasteiger partial charge in [0.15, 0.2) is 0 Å². The van der Waals surface area contributed by atoms with E-state index in [0.717, 1.165) is 22.0 Å². The second kappa shape index (κ2) is 6.37. The number of rotatable bonds is 4. The minimum absolute atomic E-state index is 0.0134. The predicted octanol–water partition coefficient (Wildman–Crippen LogP) is 5.13. The third-order valence-corrected chi connectivity index (χ3v) is 4.61. The van der Waals surface area contributed by atoms with Crippen molar-refractivity contribution in [2.24, 2.45) is 11.1 Å². The van der Waals surface area contributed by atoms with Crippen molar-refractivity contribution in [3.05, 3.63) is 40.9 Å². The van der Waals surface area contributed by atoms with Crippen molar-refractivity contribution in [2.75, 3.05) is 0 Å². The summed E-state index contributed by atoms with van der Waals surface area (Å²) in [7, 11) is 0. The molecule has 0 aliphatic heterocycles. The maximum Gasteiger partial charge on any atom is 0.134 e. The molecule has 2 N–H and O–H groups in total. The highest BCUT2D eigenvalue weighted by Gasteiger charge is 2.32. The van der Waals surface area contributed by atoms with E-state index in [-0.39, 0.29) is 17.6 Å². The standard InChI is InChI=1S/C18H24BrNO/c1-5-14(20)17(18(2,3)4)21-15-11-10-12-8-6-7-9-13(12)16(15)19/h6-11,14,17H,5,20H2,1-4H3. The lowest BCUT2D eigenvalue weighted by Gasteiger charge is -2.35. The van der Waals surface area contributed by atoms with E-state index in [1.54, 1.807) is 0 Å². The Balaban J connectivity index is 2.39. The van der Waals surface area contributed by atoms with Crippen LogP contribution in [0.15, 0.2) is 40.9 Å². The number of halogens is 1. The van der Waals surface area contributed by atoms with Crippen molar-refractivity contribution in [1.29, 1.82) is 0 Å². The summed E-state index contributed by atoms with van der Waals surface area (Å²) in [5.41, 5.74) is 6.26. The summed E-state index contributed by atoms with van der Waals surface area (Å²) in [6.07, 6.45) is 0.868. The second-order valence-corrected chi connectivity index (χ2v) is 7.37. The maximum absolute atomic E-state index is 6.30. The Morgan fingerprint density at radius 2 is 1.81 bits per heavy atom. The van der Waals surface area contributed by atoms with E-state index in [1.807, 2.05) is 18.2 Å². The topological polar surface area (TPSA) is 35.2 Å². The molecule has 2 atom stereocenters. The van der Waals surface area contributed by atoms with Crippen molar-refractivity contribution in [3.8, 4) is 5.75 Å². The fourth-order valence-electron chi connectivity index (χ4n) is 2.56. The van der Waals surface area contributed by atoms with Gasteiger partial charge in [0.05, 0.1) is 4.47 Å². The van der Waals surface area contributed by atoms with Gasteiger partial charge in [-0.15, -0.1) is 0 Å². The molecule has 0 aromatic heterocycles. The molecule has 0 fully saturated rings. The monoisotopic (exact) mass is 349 g/mol. The van der Waals surface area contributed by atoms with Crippen molar-refractivity contribution in [2.45, 2.75) is 46.3 Å². The molecule has 114 valence electrons. The summed E-state index contributed by atoms with van der Waals surface area (Å²) >= 11 is 3.68. The second-order valence-electron chi connectivity index (χ2n) is 6.58. The van der Waals surface area contributed by atoms with Gasteiger partial charge >= 0.3 is 0 Å². The van der Waals surface area contributed by atoms with Gasteiger partial charge in [0, 0.05) is 11.5 Å². The van der Waals surface area contributed by atoms with E-state index in [4.69, 9.17) is 10.5 Å². The van der Waals surface area contributed by atoms with Crippen LogP contribution in [0.4, 0.5) is 0 Å². The Kier molecular flexibility index (Phi) is 4.95. The molecule has 0 bridgehead atoms. The average molecular weight is 350 g/mol. The Morgan fingerprint density at radius 3 is 2.43 bits per heavy atom. The summed E-state index contributed by atoms with van der Waals surface area (Å²) < 4.78 is 7.30. The molecule has 0 saturated carbocycles. The molecule has 2 aromatic rings. The van der Waals surface area contributed by atoms with Crippen molar-refractivity contribution in [3.63, 3.8) is 0 Å². The Labute approximate surface area is 135 Å². The molecule has 0 amide bonds. The molecule has 2 unspecified atom stereocenters. The molecule has 2 rings (SSSR count). The van der Waals surface area contributed by atoms with Gasteiger partial charge in [-0.1, -0.05) is 58.0 Å². The number of fused-ring (bicyclic) bond motifs is 1. The Morgan fingerprint density at radius 1 is 1.14 bits per heavy atom. The van der Waals surface area contributed by atoms with E-state index in [1.165, 1.54) is 5.39 Å². The fourth-order valence-corrected chi connectivity index (χ4v) is 3.15. The average Bonchev–Trinajstić information content (AvgIpc) is 2.45. The normalized spacial score (nSPS) is 15.0. The van der Waals surface area contributed by atoms with Crippen LogP contribution in [-0.4, -0.2) is 12.1 Å². The largest absolute Gasteiger partial charge is 0.487 e. The summed E-state index contributed by atoms with van der Waals surface area (Å²) in [6, 6.07) is 12.4. The van der Waals surface area contributed by atoms with E-state index < -0.39 is 0 Å². The maximum atomic E-state index is 6.30. The number of hydrogen-bond acceptors (Lipinski definition) is 2. The Hall–Kier alpha value is -1.06. The minimum atomic E-state index is -0.0278. The lowest BCUT2D eigenvalue weighted by Crippen LogP contribution is -2.47. The lowest BCUT2D eigenvalue weighted by molar-refractivity contribution is 0.0616. The molecule has 2 nitrogen and oxygen atoms in total. The van der Waals surface area contributed by atoms with Gasteiger partial charge in [-0.2, -0.15) is 0 Å². The van der Waals surface area contributed by atoms with E-state index >= 15 is 0 Å². The van der Waals surface area contributed by atoms with Gasteiger partial charge in [0.1, 0.15) is 11.9 Å². The van der Waals surface area contributed by atoms with E-state index in [2.05, 4.69) is 61.8 Å². The van der Waals surface area contributed by atoms with Crippen LogP contribution in [0.1, 0.15) is 34.1 Å². The van der Waals surface area contributed by atoms with Crippen LogP contribution in [0, 0.1) is 5.41 Å². The van der Waals surface area contributed by atoms with Crippen molar-refractivity contribution < 1.29 is 4.74 Å². The van der Waals surface area contributed by atoms with Crippen LogP contribution in [0.2, 0.25) is 0 Å². The van der Waals surface area contributed by atoms with Crippen molar-refractivity contribution >= 4 is 26.7 Å². The van der Waals surface area contributed by atoms with E-state index in [9.17, 15) is 0 Å². The lowest BCUT2D eigenvalue weighted by atomic mass is 9.84. The third kappa shape index (κ3) is 3.58. The molecule has 0 spiro atoms. The highest BCUT2D eigenvalue weighted by atomic mass is 79.9. The highest BCUT2D eigenvalue weighted by Crippen LogP contribution is 2.36. The van der Waals surface area contributed by atoms with Gasteiger partial charge in [-0.25, -0.2) is 0 Å². The zero-order chi connectivity index (χ0) is 15.6. The third-order valence-electron chi connectivity index (χ3n) is 3.80. The van der Waals surface area contributed by atoms with Crippen LogP contribution in [0.25, 0.3) is 10.8 Å². The first kappa shape index (κ1) is 16.3. The quantitative estimate of drug-likeness (QED) is 0.829. The summed E-state index contributed by atoms with van der Waals surface area (Å²) in [5.74, 6) is 0.859. The fraction of sp³-hybridized carbons (Fsp3) is 0.444. The van der Waals surface area contributed by atoms with Gasteiger partial charge in [0.2, 0.25) is 0 Å². The zero-order valence-electron chi connectivity index (χ0n) is 13.2. The van der Waals surface area contributed by atoms with Crippen LogP contribution in [-0.2, 0) is 0 Å². The SMILES string of the molecule is CCC(N)C(Oc1ccc2ccccc2c1Br)C(C)(C)C. The summed E-state index contributed by atoms with van der Waals surface area (Å²) in [4.78, 5) is 0. The van der Waals surface area contributed by atoms with Gasteiger partial charge < -0.3 is 10.5 Å². The molecule has 3 heteroatoms. The molecule has 0 aliphatic rings.